The van der Waals surface area contributed by atoms with Gasteiger partial charge < -0.3 is 9.80 Å². The highest BCUT2D eigenvalue weighted by atomic mass is 15.2. The van der Waals surface area contributed by atoms with Crippen LogP contribution in [-0.4, -0.2) is 42.6 Å². The molecule has 2 aliphatic rings. The molecule has 0 spiro atoms. The van der Waals surface area contributed by atoms with Gasteiger partial charge in [-0.05, 0) is 69.1 Å². The van der Waals surface area contributed by atoms with Gasteiger partial charge in [0.2, 0.25) is 0 Å². The molecule has 0 bridgehead atoms. The van der Waals surface area contributed by atoms with Crippen molar-refractivity contribution in [3.63, 3.8) is 0 Å². The molecular weight excluding hydrogens is 294 g/mol. The van der Waals surface area contributed by atoms with Gasteiger partial charge in [-0.25, -0.2) is 0 Å². The van der Waals surface area contributed by atoms with E-state index < -0.39 is 0 Å². The van der Waals surface area contributed by atoms with Gasteiger partial charge in [-0.2, -0.15) is 0 Å². The summed E-state index contributed by atoms with van der Waals surface area (Å²) in [5, 5.41) is 0. The monoisotopic (exact) mass is 321 g/mol. The minimum Gasteiger partial charge on any atom is -0.367 e. The summed E-state index contributed by atoms with van der Waals surface area (Å²) in [7, 11) is 2.28. The second kappa shape index (κ2) is 6.56. The third kappa shape index (κ3) is 2.93. The number of hydrogen-bond donors (Lipinski definition) is 0. The average Bonchev–Trinajstić information content (AvgIpc) is 2.73. The predicted octanol–water partition coefficient (Wildman–Crippen LogP) is 3.63. The Labute approximate surface area is 145 Å². The number of likely N-dealkylation sites (tertiary alicyclic amines) is 1. The van der Waals surface area contributed by atoms with Gasteiger partial charge in [-0.15, -0.1) is 0 Å². The molecule has 3 heteroatoms. The number of nitrogens with zero attached hydrogens (tertiary/aromatic N) is 3. The fraction of sp³-hybridized carbons (Fsp3) is 0.476. The molecule has 0 saturated carbocycles. The first-order chi connectivity index (χ1) is 11.7. The van der Waals surface area contributed by atoms with Crippen LogP contribution in [0.2, 0.25) is 0 Å². The topological polar surface area (TPSA) is 19.4 Å². The fourth-order valence-electron chi connectivity index (χ4n) is 4.50. The Hall–Kier alpha value is -1.87. The van der Waals surface area contributed by atoms with Crippen molar-refractivity contribution in [3.8, 4) is 0 Å². The fourth-order valence-corrected chi connectivity index (χ4v) is 4.50. The molecule has 0 aliphatic carbocycles. The van der Waals surface area contributed by atoms with E-state index in [0.717, 1.165) is 13.0 Å². The van der Waals surface area contributed by atoms with Crippen LogP contribution in [0.3, 0.4) is 0 Å². The van der Waals surface area contributed by atoms with Crippen molar-refractivity contribution in [1.29, 1.82) is 0 Å². The number of anilines is 1. The van der Waals surface area contributed by atoms with E-state index in [1.54, 1.807) is 5.56 Å². The highest BCUT2D eigenvalue weighted by molar-refractivity contribution is 5.63. The third-order valence-electron chi connectivity index (χ3n) is 5.70. The Morgan fingerprint density at radius 2 is 2.00 bits per heavy atom. The van der Waals surface area contributed by atoms with Crippen molar-refractivity contribution >= 4 is 5.69 Å². The van der Waals surface area contributed by atoms with Crippen molar-refractivity contribution in [2.45, 2.75) is 38.1 Å². The molecule has 1 aromatic carbocycles. The molecule has 3 heterocycles. The molecule has 0 unspecified atom stereocenters. The van der Waals surface area contributed by atoms with Crippen LogP contribution in [0.4, 0.5) is 5.69 Å². The summed E-state index contributed by atoms with van der Waals surface area (Å²) in [6.07, 6.45) is 7.50. The van der Waals surface area contributed by atoms with E-state index in [0.29, 0.717) is 12.0 Å². The van der Waals surface area contributed by atoms with E-state index >= 15 is 0 Å². The van der Waals surface area contributed by atoms with Gasteiger partial charge in [0.05, 0.1) is 0 Å². The molecule has 3 nitrogen and oxygen atoms in total. The summed E-state index contributed by atoms with van der Waals surface area (Å²) in [5.74, 6) is 0.657. The zero-order chi connectivity index (χ0) is 16.5. The Morgan fingerprint density at radius 1 is 1.17 bits per heavy atom. The summed E-state index contributed by atoms with van der Waals surface area (Å²) in [5.41, 5.74) is 5.81. The Morgan fingerprint density at radius 3 is 2.83 bits per heavy atom. The SMILES string of the molecule is Cc1ccc2c(c1)[C@@H]1CN(C)CCC[C@H]1N2CCc1ccncc1. The maximum atomic E-state index is 4.14. The summed E-state index contributed by atoms with van der Waals surface area (Å²) in [6.45, 7) is 5.74. The van der Waals surface area contributed by atoms with Gasteiger partial charge in [-0.1, -0.05) is 17.7 Å². The van der Waals surface area contributed by atoms with Crippen molar-refractivity contribution in [2.75, 3.05) is 31.6 Å². The first kappa shape index (κ1) is 15.6. The van der Waals surface area contributed by atoms with E-state index in [1.807, 2.05) is 12.4 Å². The van der Waals surface area contributed by atoms with Crippen LogP contribution in [0, 0.1) is 6.92 Å². The van der Waals surface area contributed by atoms with Crippen molar-refractivity contribution in [3.05, 3.63) is 59.4 Å². The summed E-state index contributed by atoms with van der Waals surface area (Å²) in [6, 6.07) is 12.0. The highest BCUT2D eigenvalue weighted by Crippen LogP contribution is 2.44. The Kier molecular flexibility index (Phi) is 4.28. The quantitative estimate of drug-likeness (QED) is 0.860. The van der Waals surface area contributed by atoms with E-state index in [2.05, 4.69) is 59.1 Å². The van der Waals surface area contributed by atoms with Gasteiger partial charge >= 0.3 is 0 Å². The molecule has 0 radical (unpaired) electrons. The van der Waals surface area contributed by atoms with Gasteiger partial charge in [0.15, 0.2) is 0 Å². The maximum absolute atomic E-state index is 4.14. The Balaban J connectivity index is 1.63. The van der Waals surface area contributed by atoms with Crippen LogP contribution in [-0.2, 0) is 6.42 Å². The molecule has 126 valence electrons. The maximum Gasteiger partial charge on any atom is 0.0405 e. The van der Waals surface area contributed by atoms with Gasteiger partial charge in [0.25, 0.3) is 0 Å². The molecule has 24 heavy (non-hydrogen) atoms. The van der Waals surface area contributed by atoms with Crippen molar-refractivity contribution < 1.29 is 0 Å². The lowest BCUT2D eigenvalue weighted by atomic mass is 9.92. The number of benzene rings is 1. The van der Waals surface area contributed by atoms with E-state index in [-0.39, 0.29) is 0 Å². The third-order valence-corrected chi connectivity index (χ3v) is 5.70. The minimum absolute atomic E-state index is 0.657. The number of aromatic nitrogens is 1. The number of fused-ring (bicyclic) bond motifs is 3. The summed E-state index contributed by atoms with van der Waals surface area (Å²) < 4.78 is 0. The molecule has 2 atom stereocenters. The normalized spacial score (nSPS) is 23.7. The van der Waals surface area contributed by atoms with Crippen LogP contribution in [0.5, 0.6) is 0 Å². The number of pyridine rings is 1. The molecule has 1 fully saturated rings. The molecule has 0 N–H and O–H groups in total. The molecule has 0 amide bonds. The highest BCUT2D eigenvalue weighted by Gasteiger charge is 2.39. The van der Waals surface area contributed by atoms with Crippen LogP contribution in [0.1, 0.15) is 35.4 Å². The number of likely N-dealkylation sites (N-methyl/N-ethyl adjacent to an activating group) is 1. The summed E-state index contributed by atoms with van der Waals surface area (Å²) >= 11 is 0. The van der Waals surface area contributed by atoms with Gasteiger partial charge in [-0.3, -0.25) is 4.98 Å². The van der Waals surface area contributed by atoms with E-state index in [9.17, 15) is 0 Å². The molecule has 2 aromatic rings. The van der Waals surface area contributed by atoms with Crippen molar-refractivity contribution in [1.82, 2.24) is 9.88 Å². The lowest BCUT2D eigenvalue weighted by molar-refractivity contribution is 0.330. The first-order valence-electron chi connectivity index (χ1n) is 9.17. The standard InChI is InChI=1S/C21H27N3/c1-16-5-6-21-18(14-16)19-15-23(2)12-3-4-20(19)24(21)13-9-17-7-10-22-11-8-17/h5-8,10-11,14,19-20H,3-4,9,12-13,15H2,1-2H3/t19-,20+/m0/s1. The number of hydrogen-bond acceptors (Lipinski definition) is 3. The zero-order valence-electron chi connectivity index (χ0n) is 14.8. The second-order valence-corrected chi connectivity index (χ2v) is 7.44. The summed E-state index contributed by atoms with van der Waals surface area (Å²) in [4.78, 5) is 9.35. The molecule has 1 aromatic heterocycles. The molecule has 4 rings (SSSR count). The van der Waals surface area contributed by atoms with Gasteiger partial charge in [0, 0.05) is 43.1 Å². The smallest absolute Gasteiger partial charge is 0.0405 e. The van der Waals surface area contributed by atoms with E-state index in [1.165, 1.54) is 42.7 Å². The zero-order valence-corrected chi connectivity index (χ0v) is 14.8. The second-order valence-electron chi connectivity index (χ2n) is 7.44. The molecule has 1 saturated heterocycles. The first-order valence-corrected chi connectivity index (χ1v) is 9.17. The van der Waals surface area contributed by atoms with E-state index in [4.69, 9.17) is 0 Å². The van der Waals surface area contributed by atoms with Crippen LogP contribution in [0.15, 0.2) is 42.7 Å². The number of aryl methyl sites for hydroxylation is 1. The van der Waals surface area contributed by atoms with Gasteiger partial charge in [0.1, 0.15) is 0 Å². The van der Waals surface area contributed by atoms with Crippen molar-refractivity contribution in [2.24, 2.45) is 0 Å². The average molecular weight is 321 g/mol. The Bertz CT molecular complexity index is 697. The number of rotatable bonds is 3. The lowest BCUT2D eigenvalue weighted by Crippen LogP contribution is -2.37. The van der Waals surface area contributed by atoms with Crippen LogP contribution in [0.25, 0.3) is 0 Å². The largest absolute Gasteiger partial charge is 0.367 e. The lowest BCUT2D eigenvalue weighted by Gasteiger charge is -2.29. The van der Waals surface area contributed by atoms with Crippen LogP contribution >= 0.6 is 0 Å². The molecule has 2 aliphatic heterocycles. The molecular formula is C21H27N3. The minimum atomic E-state index is 0.657. The predicted molar refractivity (Wildman–Crippen MR) is 99.7 cm³/mol. The van der Waals surface area contributed by atoms with Crippen LogP contribution < -0.4 is 4.90 Å².